The van der Waals surface area contributed by atoms with Crippen molar-refractivity contribution in [2.45, 2.75) is 0 Å². The summed E-state index contributed by atoms with van der Waals surface area (Å²) in [5, 5.41) is 17.0. The zero-order valence-corrected chi connectivity index (χ0v) is 7.75. The third-order valence-electron chi connectivity index (χ3n) is 1.42. The maximum Gasteiger partial charge on any atom is 0.212 e. The van der Waals surface area contributed by atoms with Gasteiger partial charge < -0.3 is 0 Å². The van der Waals surface area contributed by atoms with E-state index >= 15 is 0 Å². The van der Waals surface area contributed by atoms with Crippen LogP contribution >= 0.6 is 15.9 Å². The predicted octanol–water partition coefficient (Wildman–Crippen LogP) is 0.761. The average Bonchev–Trinajstić information content (AvgIpc) is 2.10. The Bertz CT molecular complexity index is 446. The molecule has 0 fully saturated rings. The molecule has 0 bridgehead atoms. The second-order valence-corrected chi connectivity index (χ2v) is 3.01. The Kier molecular flexibility index (Phi) is 2.41. The van der Waals surface area contributed by atoms with E-state index in [4.69, 9.17) is 10.5 Å². The smallest absolute Gasteiger partial charge is 0.212 e. The molecule has 0 aromatic rings. The lowest BCUT2D eigenvalue weighted by Gasteiger charge is -2.04. The number of carbonyl (C=O) groups excluding carboxylic acids is 2. The summed E-state index contributed by atoms with van der Waals surface area (Å²) in [5.74, 6) is -1.25. The molecule has 0 aromatic heterocycles. The van der Waals surface area contributed by atoms with Crippen LogP contribution in [0.25, 0.3) is 0 Å². The van der Waals surface area contributed by atoms with Crippen LogP contribution in [0.4, 0.5) is 0 Å². The molecule has 13 heavy (non-hydrogen) atoms. The fourth-order valence-corrected chi connectivity index (χ4v) is 1.23. The van der Waals surface area contributed by atoms with Gasteiger partial charge in [-0.15, -0.1) is 0 Å². The normalized spacial score (nSPS) is 16.4. The number of allylic oxidation sites excluding steroid dienone is 4. The van der Waals surface area contributed by atoms with Crippen LogP contribution in [-0.4, -0.2) is 11.6 Å². The van der Waals surface area contributed by atoms with Gasteiger partial charge in [-0.3, -0.25) is 9.59 Å². The molecule has 1 aliphatic carbocycles. The first-order valence-electron chi connectivity index (χ1n) is 3.12. The molecule has 0 heterocycles. The summed E-state index contributed by atoms with van der Waals surface area (Å²) in [6, 6.07) is 3.06. The van der Waals surface area contributed by atoms with Gasteiger partial charge in [-0.25, -0.2) is 0 Å². The number of Topliss-reactive ketones (excluding diaryl/α,β-unsaturated/α-hetero) is 1. The van der Waals surface area contributed by atoms with Crippen molar-refractivity contribution in [3.05, 3.63) is 21.7 Å². The van der Waals surface area contributed by atoms with Crippen LogP contribution < -0.4 is 0 Å². The fourth-order valence-electron chi connectivity index (χ4n) is 0.827. The Morgan fingerprint density at radius 1 is 1.15 bits per heavy atom. The van der Waals surface area contributed by atoms with Crippen molar-refractivity contribution in [2.24, 2.45) is 0 Å². The minimum absolute atomic E-state index is 0.00745. The third-order valence-corrected chi connectivity index (χ3v) is 2.01. The monoisotopic (exact) mass is 236 g/mol. The van der Waals surface area contributed by atoms with E-state index in [0.29, 0.717) is 0 Å². The molecular weight excluding hydrogens is 236 g/mol. The zero-order chi connectivity index (χ0) is 10.0. The Hall–Kier alpha value is -1.72. The van der Waals surface area contributed by atoms with Gasteiger partial charge in [0.15, 0.2) is 5.78 Å². The summed E-state index contributed by atoms with van der Waals surface area (Å²) < 4.78 is 0.00745. The molecule has 0 radical (unpaired) electrons. The Morgan fingerprint density at radius 2 is 1.69 bits per heavy atom. The van der Waals surface area contributed by atoms with Crippen LogP contribution in [0.5, 0.6) is 0 Å². The maximum absolute atomic E-state index is 11.2. The summed E-state index contributed by atoms with van der Waals surface area (Å²) in [7, 11) is 0. The van der Waals surface area contributed by atoms with Gasteiger partial charge in [-0.05, 0) is 15.9 Å². The lowest BCUT2D eigenvalue weighted by molar-refractivity contribution is -0.114. The van der Waals surface area contributed by atoms with Crippen molar-refractivity contribution < 1.29 is 9.59 Å². The molecule has 4 nitrogen and oxygen atoms in total. The van der Waals surface area contributed by atoms with Gasteiger partial charge in [0.25, 0.3) is 0 Å². The zero-order valence-electron chi connectivity index (χ0n) is 6.17. The standard InChI is InChI=1S/C8HBrN2O2/c9-6-1-7(12)4(2-10)5(3-11)8(6)13/h1H. The number of hydrogen-bond donors (Lipinski definition) is 0. The van der Waals surface area contributed by atoms with Crippen molar-refractivity contribution in [1.82, 2.24) is 0 Å². The van der Waals surface area contributed by atoms with Crippen molar-refractivity contribution in [3.8, 4) is 12.1 Å². The largest absolute Gasteiger partial charge is 0.288 e. The van der Waals surface area contributed by atoms with E-state index in [9.17, 15) is 9.59 Å². The molecule has 1 aliphatic rings. The van der Waals surface area contributed by atoms with Gasteiger partial charge in [-0.2, -0.15) is 10.5 Å². The number of nitrogens with zero attached hydrogens (tertiary/aromatic N) is 2. The molecule has 62 valence electrons. The molecule has 0 spiro atoms. The van der Waals surface area contributed by atoms with Crippen LogP contribution in [0.15, 0.2) is 21.7 Å². The van der Waals surface area contributed by atoms with Crippen LogP contribution in [0.2, 0.25) is 0 Å². The second kappa shape index (κ2) is 3.34. The van der Waals surface area contributed by atoms with Crippen molar-refractivity contribution in [2.75, 3.05) is 0 Å². The van der Waals surface area contributed by atoms with E-state index in [1.807, 2.05) is 0 Å². The highest BCUT2D eigenvalue weighted by Gasteiger charge is 2.27. The molecule has 0 unspecified atom stereocenters. The maximum atomic E-state index is 11.2. The summed E-state index contributed by atoms with van der Waals surface area (Å²) in [5.41, 5.74) is -0.794. The molecule has 0 aromatic carbocycles. The van der Waals surface area contributed by atoms with E-state index < -0.39 is 22.7 Å². The Morgan fingerprint density at radius 3 is 2.15 bits per heavy atom. The van der Waals surface area contributed by atoms with Crippen molar-refractivity contribution in [1.29, 1.82) is 10.5 Å². The van der Waals surface area contributed by atoms with Crippen LogP contribution in [-0.2, 0) is 9.59 Å². The minimum Gasteiger partial charge on any atom is -0.288 e. The van der Waals surface area contributed by atoms with E-state index in [1.165, 1.54) is 12.1 Å². The highest BCUT2D eigenvalue weighted by Crippen LogP contribution is 2.21. The fraction of sp³-hybridized carbons (Fsp3) is 0. The van der Waals surface area contributed by atoms with Crippen molar-refractivity contribution >= 4 is 27.5 Å². The number of carbonyl (C=O) groups is 2. The SMILES string of the molecule is N#CC1=C(C#N)C(=O)C(Br)=CC1=O. The number of nitriles is 2. The van der Waals surface area contributed by atoms with Crippen molar-refractivity contribution in [3.63, 3.8) is 0 Å². The first kappa shape index (κ1) is 9.37. The van der Waals surface area contributed by atoms with Crippen LogP contribution in [0.1, 0.15) is 0 Å². The van der Waals surface area contributed by atoms with Crippen LogP contribution in [0, 0.1) is 22.7 Å². The highest BCUT2D eigenvalue weighted by atomic mass is 79.9. The molecule has 0 saturated carbocycles. The minimum atomic E-state index is -0.626. The molecular formula is C8HBrN2O2. The number of rotatable bonds is 0. The van der Waals surface area contributed by atoms with Gasteiger partial charge >= 0.3 is 0 Å². The molecule has 0 saturated heterocycles. The number of ketones is 2. The van der Waals surface area contributed by atoms with E-state index in [-0.39, 0.29) is 4.48 Å². The summed E-state index contributed by atoms with van der Waals surface area (Å²) in [6.45, 7) is 0. The first-order valence-corrected chi connectivity index (χ1v) is 3.91. The lowest BCUT2D eigenvalue weighted by Crippen LogP contribution is -2.15. The molecule has 0 aliphatic heterocycles. The highest BCUT2D eigenvalue weighted by molar-refractivity contribution is 9.12. The van der Waals surface area contributed by atoms with E-state index in [0.717, 1.165) is 6.08 Å². The average molecular weight is 237 g/mol. The quantitative estimate of drug-likeness (QED) is 0.582. The van der Waals surface area contributed by atoms with Gasteiger partial charge in [0.1, 0.15) is 23.3 Å². The predicted molar refractivity (Wildman–Crippen MR) is 45.3 cm³/mol. The number of hydrogen-bond acceptors (Lipinski definition) is 4. The molecule has 5 heteroatoms. The topological polar surface area (TPSA) is 81.7 Å². The molecule has 0 atom stereocenters. The van der Waals surface area contributed by atoms with E-state index in [2.05, 4.69) is 15.9 Å². The molecule has 0 amide bonds. The molecule has 0 N–H and O–H groups in total. The second-order valence-electron chi connectivity index (χ2n) is 2.16. The Balaban J connectivity index is 3.41. The lowest BCUT2D eigenvalue weighted by atomic mass is 9.97. The third kappa shape index (κ3) is 1.42. The molecule has 1 rings (SSSR count). The summed E-state index contributed by atoms with van der Waals surface area (Å²) in [4.78, 5) is 22.2. The Labute approximate surface area is 81.9 Å². The van der Waals surface area contributed by atoms with Gasteiger partial charge in [0.05, 0.1) is 4.48 Å². The number of halogens is 1. The van der Waals surface area contributed by atoms with E-state index in [1.54, 1.807) is 0 Å². The van der Waals surface area contributed by atoms with Gasteiger partial charge in [0.2, 0.25) is 5.78 Å². The van der Waals surface area contributed by atoms with Gasteiger partial charge in [-0.1, -0.05) is 0 Å². The summed E-state index contributed by atoms with van der Waals surface area (Å²) in [6.07, 6.45) is 0.988. The first-order chi connectivity index (χ1) is 6.11. The van der Waals surface area contributed by atoms with Crippen LogP contribution in [0.3, 0.4) is 0 Å². The van der Waals surface area contributed by atoms with Gasteiger partial charge in [0, 0.05) is 6.08 Å². The summed E-state index contributed by atoms with van der Waals surface area (Å²) >= 11 is 2.83.